The van der Waals surface area contributed by atoms with Gasteiger partial charge in [-0.25, -0.2) is 4.98 Å². The van der Waals surface area contributed by atoms with Crippen molar-refractivity contribution in [2.45, 2.75) is 19.8 Å². The first-order valence-electron chi connectivity index (χ1n) is 5.97. The fraction of sp³-hybridized carbons (Fsp3) is 0.214. The lowest BCUT2D eigenvalue weighted by atomic mass is 10.1. The Morgan fingerprint density at radius 3 is 2.72 bits per heavy atom. The second kappa shape index (κ2) is 3.63. The third-order valence-corrected chi connectivity index (χ3v) is 3.17. The number of benzene rings is 1. The molecule has 0 radical (unpaired) electrons. The van der Waals surface area contributed by atoms with E-state index in [1.807, 2.05) is 12.1 Å². The van der Waals surface area contributed by atoms with E-state index in [1.54, 1.807) is 12.1 Å². The number of fused-ring (bicyclic) bond motifs is 3. The SMILES string of the molecule is CC(C)c1nc(N)cc2c1[nH]c1ccc(O)cc12. The predicted molar refractivity (Wildman–Crippen MR) is 73.8 cm³/mol. The molecule has 0 fully saturated rings. The van der Waals surface area contributed by atoms with Crippen molar-refractivity contribution in [1.29, 1.82) is 0 Å². The predicted octanol–water partition coefficient (Wildman–Crippen LogP) is 3.13. The third-order valence-electron chi connectivity index (χ3n) is 3.17. The summed E-state index contributed by atoms with van der Waals surface area (Å²) in [6, 6.07) is 7.13. The van der Waals surface area contributed by atoms with Crippen molar-refractivity contribution in [3.8, 4) is 5.75 Å². The molecule has 0 aliphatic carbocycles. The number of nitrogens with two attached hydrogens (primary N) is 1. The van der Waals surface area contributed by atoms with E-state index in [2.05, 4.69) is 23.8 Å². The Kier molecular flexibility index (Phi) is 2.20. The number of aromatic nitrogens is 2. The number of hydrogen-bond acceptors (Lipinski definition) is 3. The number of nitrogens with one attached hydrogen (secondary N) is 1. The minimum Gasteiger partial charge on any atom is -0.508 e. The normalized spacial score (nSPS) is 11.7. The molecule has 3 aromatic rings. The first-order valence-corrected chi connectivity index (χ1v) is 5.97. The van der Waals surface area contributed by atoms with Crippen LogP contribution in [0, 0.1) is 0 Å². The molecular weight excluding hydrogens is 226 g/mol. The van der Waals surface area contributed by atoms with Crippen molar-refractivity contribution in [2.24, 2.45) is 0 Å². The second-order valence-electron chi connectivity index (χ2n) is 4.86. The Balaban J connectivity index is 2.50. The Morgan fingerprint density at radius 1 is 1.22 bits per heavy atom. The highest BCUT2D eigenvalue weighted by Gasteiger charge is 2.13. The number of anilines is 1. The zero-order valence-electron chi connectivity index (χ0n) is 10.4. The summed E-state index contributed by atoms with van der Waals surface area (Å²) in [7, 11) is 0. The van der Waals surface area contributed by atoms with E-state index in [0.717, 1.165) is 27.5 Å². The van der Waals surface area contributed by atoms with Crippen LogP contribution >= 0.6 is 0 Å². The van der Waals surface area contributed by atoms with Crippen molar-refractivity contribution in [2.75, 3.05) is 5.73 Å². The number of H-pyrrole nitrogens is 1. The largest absolute Gasteiger partial charge is 0.508 e. The second-order valence-corrected chi connectivity index (χ2v) is 4.86. The minimum atomic E-state index is 0.255. The standard InChI is InChI=1S/C14H15N3O/c1-7(2)13-14-10(6-12(15)17-13)9-5-8(18)3-4-11(9)16-14/h3-7,16,18H,1-2H3,(H2,15,17). The number of hydrogen-bond donors (Lipinski definition) is 3. The van der Waals surface area contributed by atoms with Crippen molar-refractivity contribution in [3.05, 3.63) is 30.0 Å². The first kappa shape index (κ1) is 10.9. The molecule has 3 rings (SSSR count). The van der Waals surface area contributed by atoms with Gasteiger partial charge < -0.3 is 15.8 Å². The number of aromatic amines is 1. The van der Waals surface area contributed by atoms with Crippen LogP contribution in [0.5, 0.6) is 5.75 Å². The summed E-state index contributed by atoms with van der Waals surface area (Å²) >= 11 is 0. The van der Waals surface area contributed by atoms with Crippen LogP contribution in [0.15, 0.2) is 24.3 Å². The molecule has 4 heteroatoms. The van der Waals surface area contributed by atoms with E-state index in [9.17, 15) is 5.11 Å². The molecular formula is C14H15N3O. The van der Waals surface area contributed by atoms with Gasteiger partial charge in [0.2, 0.25) is 0 Å². The first-order chi connectivity index (χ1) is 8.56. The van der Waals surface area contributed by atoms with Crippen molar-refractivity contribution >= 4 is 27.6 Å². The highest BCUT2D eigenvalue weighted by atomic mass is 16.3. The summed E-state index contributed by atoms with van der Waals surface area (Å²) < 4.78 is 0. The molecule has 4 N–H and O–H groups in total. The molecule has 0 saturated heterocycles. The quantitative estimate of drug-likeness (QED) is 0.612. The van der Waals surface area contributed by atoms with E-state index in [1.165, 1.54) is 0 Å². The Morgan fingerprint density at radius 2 is 2.00 bits per heavy atom. The number of phenolic OH excluding ortho intramolecular Hbond substituents is 1. The maximum atomic E-state index is 9.60. The van der Waals surface area contributed by atoms with E-state index < -0.39 is 0 Å². The fourth-order valence-electron chi connectivity index (χ4n) is 2.35. The van der Waals surface area contributed by atoms with E-state index in [0.29, 0.717) is 5.82 Å². The number of pyridine rings is 1. The lowest BCUT2D eigenvalue weighted by Crippen LogP contribution is -1.98. The topological polar surface area (TPSA) is 74.9 Å². The number of nitrogen functional groups attached to an aromatic ring is 1. The highest BCUT2D eigenvalue weighted by Crippen LogP contribution is 2.32. The lowest BCUT2D eigenvalue weighted by Gasteiger charge is -2.07. The van der Waals surface area contributed by atoms with Crippen LogP contribution in [-0.2, 0) is 0 Å². The average Bonchev–Trinajstić information content (AvgIpc) is 2.66. The van der Waals surface area contributed by atoms with Crippen LogP contribution < -0.4 is 5.73 Å². The molecule has 18 heavy (non-hydrogen) atoms. The van der Waals surface area contributed by atoms with Crippen LogP contribution in [0.3, 0.4) is 0 Å². The van der Waals surface area contributed by atoms with Crippen LogP contribution in [-0.4, -0.2) is 15.1 Å². The zero-order valence-corrected chi connectivity index (χ0v) is 10.4. The molecule has 1 aromatic carbocycles. The summed E-state index contributed by atoms with van der Waals surface area (Å²) in [5, 5.41) is 11.6. The molecule has 0 aliphatic rings. The Hall–Kier alpha value is -2.23. The monoisotopic (exact) mass is 241 g/mol. The number of nitrogens with zero attached hydrogens (tertiary/aromatic N) is 1. The smallest absolute Gasteiger partial charge is 0.124 e. The molecule has 4 nitrogen and oxygen atoms in total. The van der Waals surface area contributed by atoms with Gasteiger partial charge in [0.25, 0.3) is 0 Å². The van der Waals surface area contributed by atoms with Crippen molar-refractivity contribution in [1.82, 2.24) is 9.97 Å². The third kappa shape index (κ3) is 1.49. The van der Waals surface area contributed by atoms with Crippen molar-refractivity contribution in [3.63, 3.8) is 0 Å². The molecule has 0 aliphatic heterocycles. The molecule has 0 saturated carbocycles. The van der Waals surface area contributed by atoms with Crippen LogP contribution in [0.4, 0.5) is 5.82 Å². The highest BCUT2D eigenvalue weighted by molar-refractivity contribution is 6.09. The van der Waals surface area contributed by atoms with Gasteiger partial charge in [-0.15, -0.1) is 0 Å². The Bertz CT molecular complexity index is 743. The van der Waals surface area contributed by atoms with Gasteiger partial charge >= 0.3 is 0 Å². The number of phenols is 1. The van der Waals surface area contributed by atoms with Gasteiger partial charge in [-0.05, 0) is 30.2 Å². The van der Waals surface area contributed by atoms with Gasteiger partial charge in [0, 0.05) is 16.3 Å². The summed E-state index contributed by atoms with van der Waals surface area (Å²) in [4.78, 5) is 7.76. The van der Waals surface area contributed by atoms with E-state index >= 15 is 0 Å². The van der Waals surface area contributed by atoms with Gasteiger partial charge in [-0.2, -0.15) is 0 Å². The Labute approximate surface area is 104 Å². The van der Waals surface area contributed by atoms with Crippen LogP contribution in [0.2, 0.25) is 0 Å². The summed E-state index contributed by atoms with van der Waals surface area (Å²) in [5.74, 6) is 1.05. The number of rotatable bonds is 1. The summed E-state index contributed by atoms with van der Waals surface area (Å²) in [6.45, 7) is 4.17. The van der Waals surface area contributed by atoms with Gasteiger partial charge in [-0.1, -0.05) is 13.8 Å². The van der Waals surface area contributed by atoms with Crippen molar-refractivity contribution < 1.29 is 5.11 Å². The van der Waals surface area contributed by atoms with Crippen LogP contribution in [0.25, 0.3) is 21.8 Å². The summed E-state index contributed by atoms with van der Waals surface area (Å²) in [5.41, 5.74) is 8.81. The van der Waals surface area contributed by atoms with Crippen LogP contribution in [0.1, 0.15) is 25.5 Å². The molecule has 2 aromatic heterocycles. The lowest BCUT2D eigenvalue weighted by molar-refractivity contribution is 0.476. The molecule has 0 atom stereocenters. The van der Waals surface area contributed by atoms with Gasteiger partial charge in [0.05, 0.1) is 11.2 Å². The average molecular weight is 241 g/mol. The number of aromatic hydroxyl groups is 1. The molecule has 0 amide bonds. The zero-order chi connectivity index (χ0) is 12.9. The molecule has 0 spiro atoms. The van der Waals surface area contributed by atoms with Gasteiger partial charge in [-0.3, -0.25) is 0 Å². The molecule has 0 bridgehead atoms. The molecule has 0 unspecified atom stereocenters. The fourth-order valence-corrected chi connectivity index (χ4v) is 2.35. The molecule has 2 heterocycles. The van der Waals surface area contributed by atoms with Gasteiger partial charge in [0.1, 0.15) is 11.6 Å². The molecule has 92 valence electrons. The van der Waals surface area contributed by atoms with Gasteiger partial charge in [0.15, 0.2) is 0 Å². The minimum absolute atomic E-state index is 0.255. The van der Waals surface area contributed by atoms with E-state index in [4.69, 9.17) is 5.73 Å². The maximum absolute atomic E-state index is 9.60. The summed E-state index contributed by atoms with van der Waals surface area (Å²) in [6.07, 6.45) is 0. The van der Waals surface area contributed by atoms with E-state index in [-0.39, 0.29) is 11.7 Å². The maximum Gasteiger partial charge on any atom is 0.124 e.